The number of pyridine rings is 1. The number of anilines is 2. The van der Waals surface area contributed by atoms with Crippen molar-refractivity contribution in [2.75, 3.05) is 32.6 Å². The average Bonchev–Trinajstić information content (AvgIpc) is 2.78. The van der Waals surface area contributed by atoms with E-state index in [2.05, 4.69) is 18.3 Å². The minimum Gasteiger partial charge on any atom is -0.493 e. The van der Waals surface area contributed by atoms with Crippen molar-refractivity contribution >= 4 is 28.2 Å². The summed E-state index contributed by atoms with van der Waals surface area (Å²) in [4.78, 5) is 19.9. The van der Waals surface area contributed by atoms with Gasteiger partial charge in [0.05, 0.1) is 25.4 Å². The number of likely N-dealkylation sites (tertiary alicyclic amines) is 1. The molecule has 6 heteroatoms. The SMILES string of the molecule is COc1ccc(Nc2cc(C(=O)N3CCC[C@@H](C)C3)nc3ccc(C)cc23)cc1OC. The van der Waals surface area contributed by atoms with Crippen LogP contribution < -0.4 is 14.8 Å². The molecule has 0 spiro atoms. The molecule has 1 saturated heterocycles. The lowest BCUT2D eigenvalue weighted by atomic mass is 10.00. The number of aromatic nitrogens is 1. The monoisotopic (exact) mass is 419 g/mol. The van der Waals surface area contributed by atoms with Gasteiger partial charge in [0.25, 0.3) is 5.91 Å². The van der Waals surface area contributed by atoms with Crippen LogP contribution in [0.4, 0.5) is 11.4 Å². The zero-order chi connectivity index (χ0) is 22.0. The molecule has 1 N–H and O–H groups in total. The molecule has 0 radical (unpaired) electrons. The molecule has 1 aromatic heterocycles. The molecule has 0 saturated carbocycles. The molecular formula is C25H29N3O3. The summed E-state index contributed by atoms with van der Waals surface area (Å²) < 4.78 is 10.8. The normalized spacial score (nSPS) is 16.3. The fourth-order valence-corrected chi connectivity index (χ4v) is 4.16. The summed E-state index contributed by atoms with van der Waals surface area (Å²) in [5.74, 6) is 1.81. The average molecular weight is 420 g/mol. The predicted octanol–water partition coefficient (Wildman–Crippen LogP) is 5.18. The first-order valence-electron chi connectivity index (χ1n) is 10.7. The molecule has 1 atom stereocenters. The predicted molar refractivity (Wildman–Crippen MR) is 124 cm³/mol. The second-order valence-corrected chi connectivity index (χ2v) is 8.27. The fourth-order valence-electron chi connectivity index (χ4n) is 4.16. The Balaban J connectivity index is 1.74. The molecule has 3 aromatic rings. The van der Waals surface area contributed by atoms with Crippen LogP contribution in [0.5, 0.6) is 11.5 Å². The number of hydrogen-bond donors (Lipinski definition) is 1. The highest BCUT2D eigenvalue weighted by Crippen LogP contribution is 2.33. The Bertz CT molecular complexity index is 1110. The summed E-state index contributed by atoms with van der Waals surface area (Å²) >= 11 is 0. The Morgan fingerprint density at radius 2 is 1.90 bits per heavy atom. The lowest BCUT2D eigenvalue weighted by molar-refractivity contribution is 0.0677. The van der Waals surface area contributed by atoms with Gasteiger partial charge in [0, 0.05) is 30.2 Å². The van der Waals surface area contributed by atoms with Crippen LogP contribution in [-0.2, 0) is 0 Å². The van der Waals surface area contributed by atoms with Crippen molar-refractivity contribution in [3.05, 3.63) is 53.7 Å². The van der Waals surface area contributed by atoms with Gasteiger partial charge in [-0.15, -0.1) is 0 Å². The van der Waals surface area contributed by atoms with Crippen LogP contribution in [0, 0.1) is 12.8 Å². The standard InChI is InChI=1S/C25H29N3O3/c1-16-7-9-20-19(12-16)21(26-18-8-10-23(30-3)24(13-18)31-4)14-22(27-20)25(29)28-11-5-6-17(2)15-28/h7-10,12-14,17H,5-6,11,15H2,1-4H3,(H,26,27)/t17-/m1/s1. The first-order chi connectivity index (χ1) is 15.0. The molecule has 0 bridgehead atoms. The van der Waals surface area contributed by atoms with Gasteiger partial charge in [-0.25, -0.2) is 4.98 Å². The number of nitrogens with one attached hydrogen (secondary N) is 1. The highest BCUT2D eigenvalue weighted by Gasteiger charge is 2.24. The Kier molecular flexibility index (Phi) is 5.98. The van der Waals surface area contributed by atoms with Crippen LogP contribution >= 0.6 is 0 Å². The van der Waals surface area contributed by atoms with E-state index in [0.29, 0.717) is 23.1 Å². The zero-order valence-electron chi connectivity index (χ0n) is 18.6. The Morgan fingerprint density at radius 1 is 1.10 bits per heavy atom. The second kappa shape index (κ2) is 8.84. The summed E-state index contributed by atoms with van der Waals surface area (Å²) in [6, 6.07) is 13.6. The number of carbonyl (C=O) groups is 1. The van der Waals surface area contributed by atoms with E-state index in [-0.39, 0.29) is 5.91 Å². The van der Waals surface area contributed by atoms with E-state index in [1.165, 1.54) is 6.42 Å². The Morgan fingerprint density at radius 3 is 2.65 bits per heavy atom. The molecule has 0 unspecified atom stereocenters. The topological polar surface area (TPSA) is 63.7 Å². The van der Waals surface area contributed by atoms with Gasteiger partial charge in [0.1, 0.15) is 5.69 Å². The van der Waals surface area contributed by atoms with Crippen LogP contribution in [0.15, 0.2) is 42.5 Å². The van der Waals surface area contributed by atoms with Gasteiger partial charge in [-0.2, -0.15) is 0 Å². The van der Waals surface area contributed by atoms with Gasteiger partial charge in [-0.1, -0.05) is 18.6 Å². The third-order valence-electron chi connectivity index (χ3n) is 5.79. The van der Waals surface area contributed by atoms with Crippen molar-refractivity contribution in [3.63, 3.8) is 0 Å². The number of ether oxygens (including phenoxy) is 2. The summed E-state index contributed by atoms with van der Waals surface area (Å²) in [6.45, 7) is 5.81. The summed E-state index contributed by atoms with van der Waals surface area (Å²) in [6.07, 6.45) is 2.21. The van der Waals surface area contributed by atoms with E-state index in [0.717, 1.165) is 47.4 Å². The van der Waals surface area contributed by atoms with Crippen LogP contribution in [0.25, 0.3) is 10.9 Å². The van der Waals surface area contributed by atoms with Gasteiger partial charge in [-0.05, 0) is 56.0 Å². The van der Waals surface area contributed by atoms with Crippen LogP contribution in [0.1, 0.15) is 35.8 Å². The molecule has 1 aliphatic rings. The summed E-state index contributed by atoms with van der Waals surface area (Å²) in [5, 5.41) is 4.43. The molecule has 6 nitrogen and oxygen atoms in total. The molecule has 31 heavy (non-hydrogen) atoms. The largest absolute Gasteiger partial charge is 0.493 e. The number of rotatable bonds is 5. The lowest BCUT2D eigenvalue weighted by Crippen LogP contribution is -2.39. The molecule has 2 heterocycles. The fraction of sp³-hybridized carbons (Fsp3) is 0.360. The molecule has 2 aromatic carbocycles. The van der Waals surface area contributed by atoms with E-state index in [1.807, 2.05) is 48.2 Å². The highest BCUT2D eigenvalue weighted by atomic mass is 16.5. The van der Waals surface area contributed by atoms with Crippen LogP contribution in [0.2, 0.25) is 0 Å². The third-order valence-corrected chi connectivity index (χ3v) is 5.79. The third kappa shape index (κ3) is 4.43. The van der Waals surface area contributed by atoms with Gasteiger partial charge in [0.2, 0.25) is 0 Å². The minimum atomic E-state index is -0.00983. The minimum absolute atomic E-state index is 0.00983. The molecule has 1 aliphatic heterocycles. The molecule has 1 fully saturated rings. The smallest absolute Gasteiger partial charge is 0.272 e. The maximum absolute atomic E-state index is 13.2. The lowest BCUT2D eigenvalue weighted by Gasteiger charge is -2.30. The quantitative estimate of drug-likeness (QED) is 0.618. The van der Waals surface area contributed by atoms with E-state index in [4.69, 9.17) is 14.5 Å². The Hall–Kier alpha value is -3.28. The molecule has 1 amide bonds. The van der Waals surface area contributed by atoms with Crippen molar-refractivity contribution in [1.82, 2.24) is 9.88 Å². The number of piperidine rings is 1. The number of hydrogen-bond acceptors (Lipinski definition) is 5. The van der Waals surface area contributed by atoms with Crippen molar-refractivity contribution in [2.24, 2.45) is 5.92 Å². The van der Waals surface area contributed by atoms with Gasteiger partial charge >= 0.3 is 0 Å². The number of methoxy groups -OCH3 is 2. The second-order valence-electron chi connectivity index (χ2n) is 8.27. The van der Waals surface area contributed by atoms with Gasteiger partial charge in [0.15, 0.2) is 11.5 Å². The van der Waals surface area contributed by atoms with Crippen LogP contribution in [0.3, 0.4) is 0 Å². The van der Waals surface area contributed by atoms with Crippen molar-refractivity contribution in [3.8, 4) is 11.5 Å². The number of fused-ring (bicyclic) bond motifs is 1. The number of aryl methyl sites for hydroxylation is 1. The van der Waals surface area contributed by atoms with E-state index in [1.54, 1.807) is 14.2 Å². The maximum atomic E-state index is 13.2. The number of benzene rings is 2. The Labute approximate surface area is 183 Å². The highest BCUT2D eigenvalue weighted by molar-refractivity contribution is 6.01. The van der Waals surface area contributed by atoms with Crippen molar-refractivity contribution in [2.45, 2.75) is 26.7 Å². The van der Waals surface area contributed by atoms with Gasteiger partial charge < -0.3 is 19.7 Å². The van der Waals surface area contributed by atoms with Gasteiger partial charge in [-0.3, -0.25) is 4.79 Å². The molecule has 4 rings (SSSR count). The zero-order valence-corrected chi connectivity index (χ0v) is 18.6. The van der Waals surface area contributed by atoms with Crippen molar-refractivity contribution in [1.29, 1.82) is 0 Å². The van der Waals surface area contributed by atoms with E-state index >= 15 is 0 Å². The summed E-state index contributed by atoms with van der Waals surface area (Å²) in [5.41, 5.74) is 4.08. The van der Waals surface area contributed by atoms with E-state index in [9.17, 15) is 4.79 Å². The molecular weight excluding hydrogens is 390 g/mol. The van der Waals surface area contributed by atoms with E-state index < -0.39 is 0 Å². The summed E-state index contributed by atoms with van der Waals surface area (Å²) in [7, 11) is 3.23. The first kappa shape index (κ1) is 21.0. The molecule has 162 valence electrons. The van der Waals surface area contributed by atoms with Crippen LogP contribution in [-0.4, -0.2) is 43.1 Å². The maximum Gasteiger partial charge on any atom is 0.272 e. The first-order valence-corrected chi connectivity index (χ1v) is 10.7. The van der Waals surface area contributed by atoms with Crippen molar-refractivity contribution < 1.29 is 14.3 Å². The molecule has 0 aliphatic carbocycles. The number of carbonyl (C=O) groups excluding carboxylic acids is 1. The number of nitrogens with zero attached hydrogens (tertiary/aromatic N) is 2. The number of amides is 1.